The Kier molecular flexibility index (Phi) is 6.82. The van der Waals surface area contributed by atoms with Crippen LogP contribution in [0.5, 0.6) is 0 Å². The normalized spacial score (nSPS) is 19.6. The van der Waals surface area contributed by atoms with Gasteiger partial charge in [0.2, 0.25) is 0 Å². The van der Waals surface area contributed by atoms with E-state index >= 15 is 0 Å². The highest BCUT2D eigenvalue weighted by molar-refractivity contribution is 5.71. The number of aliphatic carboxylic acids is 2. The maximum Gasteiger partial charge on any atom is 0.308 e. The zero-order valence-electron chi connectivity index (χ0n) is 10.4. The monoisotopic (exact) mass is 264 g/mol. The van der Waals surface area contributed by atoms with Gasteiger partial charge in [-0.3, -0.25) is 9.59 Å². The van der Waals surface area contributed by atoms with Crippen molar-refractivity contribution in [2.75, 3.05) is 0 Å². The van der Waals surface area contributed by atoms with Gasteiger partial charge < -0.3 is 25.5 Å². The van der Waals surface area contributed by atoms with Gasteiger partial charge in [0.05, 0.1) is 30.1 Å². The molecular weight excluding hydrogens is 244 g/mol. The van der Waals surface area contributed by atoms with Crippen LogP contribution < -0.4 is 0 Å². The van der Waals surface area contributed by atoms with Crippen molar-refractivity contribution >= 4 is 11.9 Å². The van der Waals surface area contributed by atoms with Gasteiger partial charge in [-0.1, -0.05) is 0 Å². The fraction of sp³-hybridized carbons (Fsp3) is 0.818. The van der Waals surface area contributed by atoms with Gasteiger partial charge >= 0.3 is 11.9 Å². The predicted octanol–water partition coefficient (Wildman–Crippen LogP) is -0.709. The lowest BCUT2D eigenvalue weighted by atomic mass is 9.89. The van der Waals surface area contributed by atoms with Crippen LogP contribution in [0.15, 0.2) is 0 Å². The lowest BCUT2D eigenvalue weighted by Crippen LogP contribution is -2.38. The van der Waals surface area contributed by atoms with Crippen LogP contribution >= 0.6 is 0 Å². The summed E-state index contributed by atoms with van der Waals surface area (Å²) in [4.78, 5) is 21.5. The number of hydrogen-bond acceptors (Lipinski definition) is 5. The smallest absolute Gasteiger partial charge is 0.308 e. The minimum absolute atomic E-state index is 0.0689. The SMILES string of the molecule is CC(O)CC(CC(O)C(O)C(C)C(=O)O)C(=O)O. The Morgan fingerprint density at radius 3 is 1.78 bits per heavy atom. The molecule has 0 aromatic carbocycles. The molecule has 0 heterocycles. The van der Waals surface area contributed by atoms with Crippen LogP contribution in [0.3, 0.4) is 0 Å². The number of carbonyl (C=O) groups is 2. The Labute approximate surface area is 105 Å². The first-order valence-corrected chi connectivity index (χ1v) is 5.66. The average molecular weight is 264 g/mol. The van der Waals surface area contributed by atoms with Gasteiger partial charge in [0.1, 0.15) is 0 Å². The number of aliphatic hydroxyl groups excluding tert-OH is 3. The molecule has 0 radical (unpaired) electrons. The van der Waals surface area contributed by atoms with Gasteiger partial charge in [0.25, 0.3) is 0 Å². The molecule has 0 bridgehead atoms. The van der Waals surface area contributed by atoms with Crippen molar-refractivity contribution < 1.29 is 35.1 Å². The molecule has 0 spiro atoms. The summed E-state index contributed by atoms with van der Waals surface area (Å²) in [6, 6.07) is 0. The van der Waals surface area contributed by atoms with Crippen molar-refractivity contribution in [1.82, 2.24) is 0 Å². The highest BCUT2D eigenvalue weighted by Gasteiger charge is 2.32. The Morgan fingerprint density at radius 2 is 1.44 bits per heavy atom. The third-order valence-electron chi connectivity index (χ3n) is 2.80. The molecule has 7 heteroatoms. The summed E-state index contributed by atoms with van der Waals surface area (Å²) in [6.07, 6.45) is -4.24. The minimum Gasteiger partial charge on any atom is -0.481 e. The van der Waals surface area contributed by atoms with Crippen LogP contribution in [0.4, 0.5) is 0 Å². The molecule has 0 saturated heterocycles. The first kappa shape index (κ1) is 16.8. The molecule has 0 rings (SSSR count). The van der Waals surface area contributed by atoms with Crippen LogP contribution in [0.2, 0.25) is 0 Å². The first-order chi connectivity index (χ1) is 8.16. The second-order valence-corrected chi connectivity index (χ2v) is 4.54. The third-order valence-corrected chi connectivity index (χ3v) is 2.80. The summed E-state index contributed by atoms with van der Waals surface area (Å²) in [5.41, 5.74) is 0. The Bertz CT molecular complexity index is 289. The molecule has 0 aliphatic rings. The number of hydrogen-bond donors (Lipinski definition) is 5. The molecule has 5 N–H and O–H groups in total. The van der Waals surface area contributed by atoms with E-state index in [2.05, 4.69) is 0 Å². The second kappa shape index (κ2) is 7.30. The summed E-state index contributed by atoms with van der Waals surface area (Å²) < 4.78 is 0. The van der Waals surface area contributed by atoms with Crippen LogP contribution in [0.1, 0.15) is 26.7 Å². The number of carboxylic acid groups (broad SMARTS) is 2. The molecule has 0 aromatic heterocycles. The van der Waals surface area contributed by atoms with Gasteiger partial charge in [-0.05, 0) is 26.7 Å². The lowest BCUT2D eigenvalue weighted by molar-refractivity contribution is -0.150. The maximum absolute atomic E-state index is 10.9. The Morgan fingerprint density at radius 1 is 0.944 bits per heavy atom. The van der Waals surface area contributed by atoms with E-state index in [0.29, 0.717) is 0 Å². The van der Waals surface area contributed by atoms with E-state index in [1.54, 1.807) is 0 Å². The zero-order valence-corrected chi connectivity index (χ0v) is 10.4. The summed E-state index contributed by atoms with van der Waals surface area (Å²) in [6.45, 7) is 2.64. The highest BCUT2D eigenvalue weighted by Crippen LogP contribution is 2.19. The molecule has 0 saturated carbocycles. The fourth-order valence-corrected chi connectivity index (χ4v) is 1.62. The molecular formula is C11H20O7. The number of carboxylic acids is 2. The van der Waals surface area contributed by atoms with Crippen molar-refractivity contribution in [3.8, 4) is 0 Å². The minimum atomic E-state index is -1.54. The fourth-order valence-electron chi connectivity index (χ4n) is 1.62. The summed E-state index contributed by atoms with van der Waals surface area (Å²) in [7, 11) is 0. The van der Waals surface area contributed by atoms with E-state index in [1.165, 1.54) is 13.8 Å². The highest BCUT2D eigenvalue weighted by atomic mass is 16.4. The van der Waals surface area contributed by atoms with E-state index in [1.807, 2.05) is 0 Å². The van der Waals surface area contributed by atoms with Crippen LogP contribution in [0.25, 0.3) is 0 Å². The van der Waals surface area contributed by atoms with Crippen molar-refractivity contribution in [3.63, 3.8) is 0 Å². The molecule has 0 aliphatic heterocycles. The lowest BCUT2D eigenvalue weighted by Gasteiger charge is -2.24. The van der Waals surface area contributed by atoms with E-state index < -0.39 is 42.1 Å². The van der Waals surface area contributed by atoms with Crippen molar-refractivity contribution in [1.29, 1.82) is 0 Å². The Balaban J connectivity index is 4.54. The molecule has 0 fully saturated rings. The Hall–Kier alpha value is -1.18. The van der Waals surface area contributed by atoms with Gasteiger partial charge in [0, 0.05) is 0 Å². The van der Waals surface area contributed by atoms with Crippen molar-refractivity contribution in [3.05, 3.63) is 0 Å². The molecule has 106 valence electrons. The molecule has 0 aliphatic carbocycles. The number of aliphatic hydroxyl groups is 3. The summed E-state index contributed by atoms with van der Waals surface area (Å²) in [5.74, 6) is -4.70. The second-order valence-electron chi connectivity index (χ2n) is 4.54. The van der Waals surface area contributed by atoms with Crippen LogP contribution in [0, 0.1) is 11.8 Å². The van der Waals surface area contributed by atoms with E-state index in [9.17, 15) is 19.8 Å². The quantitative estimate of drug-likeness (QED) is 0.391. The molecule has 0 amide bonds. The van der Waals surface area contributed by atoms with Crippen LogP contribution in [-0.4, -0.2) is 55.8 Å². The van der Waals surface area contributed by atoms with E-state index in [4.69, 9.17) is 15.3 Å². The number of rotatable bonds is 8. The van der Waals surface area contributed by atoms with Crippen molar-refractivity contribution in [2.45, 2.75) is 45.0 Å². The summed E-state index contributed by atoms with van der Waals surface area (Å²) in [5, 5.41) is 45.8. The predicted molar refractivity (Wildman–Crippen MR) is 60.9 cm³/mol. The molecule has 7 nitrogen and oxygen atoms in total. The van der Waals surface area contributed by atoms with Crippen LogP contribution in [-0.2, 0) is 9.59 Å². The standard InChI is InChI=1S/C11H20O7/c1-5(12)3-7(11(17)18)4-8(13)9(14)6(2)10(15)16/h5-9,12-14H,3-4H2,1-2H3,(H,15,16)(H,17,18). The van der Waals surface area contributed by atoms with Gasteiger partial charge in [0.15, 0.2) is 0 Å². The first-order valence-electron chi connectivity index (χ1n) is 5.66. The largest absolute Gasteiger partial charge is 0.481 e. The maximum atomic E-state index is 10.9. The van der Waals surface area contributed by atoms with E-state index in [0.717, 1.165) is 0 Å². The van der Waals surface area contributed by atoms with Crippen molar-refractivity contribution in [2.24, 2.45) is 11.8 Å². The average Bonchev–Trinajstić information content (AvgIpc) is 2.24. The molecule has 18 heavy (non-hydrogen) atoms. The van der Waals surface area contributed by atoms with Gasteiger partial charge in [-0.25, -0.2) is 0 Å². The van der Waals surface area contributed by atoms with Gasteiger partial charge in [-0.2, -0.15) is 0 Å². The van der Waals surface area contributed by atoms with Gasteiger partial charge in [-0.15, -0.1) is 0 Å². The zero-order chi connectivity index (χ0) is 14.5. The van der Waals surface area contributed by atoms with E-state index in [-0.39, 0.29) is 12.8 Å². The topological polar surface area (TPSA) is 135 Å². The summed E-state index contributed by atoms with van der Waals surface area (Å²) >= 11 is 0. The molecule has 5 unspecified atom stereocenters. The molecule has 0 aromatic rings. The molecule has 5 atom stereocenters. The third kappa shape index (κ3) is 5.44.